The predicted octanol–water partition coefficient (Wildman–Crippen LogP) is 4.30. The number of aryl methyl sites for hydroxylation is 2. The van der Waals surface area contributed by atoms with Gasteiger partial charge in [0, 0.05) is 0 Å². The van der Waals surface area contributed by atoms with Crippen LogP contribution in [0.15, 0.2) is 48.5 Å². The summed E-state index contributed by atoms with van der Waals surface area (Å²) < 4.78 is 5.40. The molecule has 24 heavy (non-hydrogen) atoms. The predicted molar refractivity (Wildman–Crippen MR) is 98.8 cm³/mol. The highest BCUT2D eigenvalue weighted by Gasteiger charge is 2.16. The molecule has 0 spiro atoms. The van der Waals surface area contributed by atoms with Gasteiger partial charge < -0.3 is 15.8 Å². The Balaban J connectivity index is 2.03. The van der Waals surface area contributed by atoms with E-state index >= 15 is 0 Å². The number of hydrogen-bond donors (Lipinski definition) is 2. The number of ether oxygens (including phenoxy) is 1. The third-order valence-electron chi connectivity index (χ3n) is 4.06. The number of nitrogen functional groups attached to an aromatic ring is 1. The van der Waals surface area contributed by atoms with Crippen molar-refractivity contribution in [1.82, 2.24) is 0 Å². The van der Waals surface area contributed by atoms with Gasteiger partial charge in [-0.2, -0.15) is 0 Å². The van der Waals surface area contributed by atoms with Crippen molar-refractivity contribution in [3.8, 4) is 5.75 Å². The molecule has 1 amide bonds. The average molecular weight is 320 g/mol. The molecule has 0 saturated carbocycles. The molecule has 3 aromatic carbocycles. The number of amides is 1. The summed E-state index contributed by atoms with van der Waals surface area (Å²) in [7, 11) is 1.56. The third-order valence-corrected chi connectivity index (χ3v) is 4.06. The summed E-state index contributed by atoms with van der Waals surface area (Å²) in [6.45, 7) is 3.90. The fourth-order valence-corrected chi connectivity index (χ4v) is 2.92. The van der Waals surface area contributed by atoms with E-state index in [0.717, 1.165) is 21.9 Å². The minimum atomic E-state index is -0.240. The molecule has 122 valence electrons. The lowest BCUT2D eigenvalue weighted by Crippen LogP contribution is -2.15. The number of carbonyl (C=O) groups is 1. The van der Waals surface area contributed by atoms with Crippen LogP contribution >= 0.6 is 0 Å². The molecule has 0 atom stereocenters. The van der Waals surface area contributed by atoms with Gasteiger partial charge in [0.15, 0.2) is 0 Å². The van der Waals surface area contributed by atoms with Gasteiger partial charge in [0.05, 0.1) is 24.0 Å². The molecule has 0 bridgehead atoms. The van der Waals surface area contributed by atoms with Gasteiger partial charge >= 0.3 is 0 Å². The van der Waals surface area contributed by atoms with Crippen LogP contribution in [0.2, 0.25) is 0 Å². The van der Waals surface area contributed by atoms with Crippen LogP contribution in [0, 0.1) is 13.8 Å². The number of benzene rings is 3. The van der Waals surface area contributed by atoms with E-state index in [9.17, 15) is 4.79 Å². The van der Waals surface area contributed by atoms with E-state index in [1.54, 1.807) is 7.11 Å². The number of hydrogen-bond acceptors (Lipinski definition) is 3. The molecule has 3 rings (SSSR count). The first-order chi connectivity index (χ1) is 11.5. The van der Waals surface area contributed by atoms with Gasteiger partial charge in [0.1, 0.15) is 5.75 Å². The molecule has 0 aromatic heterocycles. The first kappa shape index (κ1) is 15.9. The molecule has 0 fully saturated rings. The molecular formula is C20H20N2O2. The maximum Gasteiger partial charge on any atom is 0.259 e. The van der Waals surface area contributed by atoms with Crippen LogP contribution in [0.4, 0.5) is 11.4 Å². The zero-order valence-electron chi connectivity index (χ0n) is 14.0. The molecule has 0 heterocycles. The Kier molecular flexibility index (Phi) is 4.13. The largest absolute Gasteiger partial charge is 0.496 e. The van der Waals surface area contributed by atoms with Crippen molar-refractivity contribution in [1.29, 1.82) is 0 Å². The van der Waals surface area contributed by atoms with Crippen molar-refractivity contribution in [2.75, 3.05) is 18.2 Å². The number of carbonyl (C=O) groups excluding carboxylic acids is 1. The van der Waals surface area contributed by atoms with Crippen LogP contribution in [0.3, 0.4) is 0 Å². The van der Waals surface area contributed by atoms with Gasteiger partial charge in [0.2, 0.25) is 0 Å². The fraction of sp³-hybridized carbons (Fsp3) is 0.150. The Bertz CT molecular complexity index is 909. The summed E-state index contributed by atoms with van der Waals surface area (Å²) in [5.41, 5.74) is 9.73. The van der Waals surface area contributed by atoms with E-state index in [-0.39, 0.29) is 5.91 Å². The van der Waals surface area contributed by atoms with Crippen molar-refractivity contribution >= 4 is 28.1 Å². The first-order valence-corrected chi connectivity index (χ1v) is 7.74. The van der Waals surface area contributed by atoms with Crippen molar-refractivity contribution < 1.29 is 9.53 Å². The monoisotopic (exact) mass is 320 g/mol. The zero-order valence-corrected chi connectivity index (χ0v) is 14.0. The molecule has 0 aliphatic heterocycles. The number of nitrogens with one attached hydrogen (secondary N) is 1. The second-order valence-electron chi connectivity index (χ2n) is 5.90. The Morgan fingerprint density at radius 1 is 1.04 bits per heavy atom. The molecule has 3 N–H and O–H groups in total. The maximum atomic E-state index is 12.8. The van der Waals surface area contributed by atoms with Gasteiger partial charge in [-0.15, -0.1) is 0 Å². The molecule has 3 aromatic rings. The number of fused-ring (bicyclic) bond motifs is 1. The number of methoxy groups -OCH3 is 1. The Labute approximate surface area is 141 Å². The zero-order chi connectivity index (χ0) is 17.3. The molecule has 0 aliphatic rings. The summed E-state index contributed by atoms with van der Waals surface area (Å²) in [6.07, 6.45) is 0. The van der Waals surface area contributed by atoms with E-state index in [4.69, 9.17) is 10.5 Å². The van der Waals surface area contributed by atoms with Crippen molar-refractivity contribution in [3.63, 3.8) is 0 Å². The SMILES string of the molecule is COc1cc2ccccc2cc1C(=O)Nc1c(C)cc(C)cc1N. The molecular weight excluding hydrogens is 300 g/mol. The lowest BCUT2D eigenvalue weighted by atomic mass is 10.0. The van der Waals surface area contributed by atoms with Gasteiger partial charge in [0.25, 0.3) is 5.91 Å². The van der Waals surface area contributed by atoms with E-state index in [1.165, 1.54) is 0 Å². The van der Waals surface area contributed by atoms with Crippen LogP contribution in [-0.2, 0) is 0 Å². The lowest BCUT2D eigenvalue weighted by molar-refractivity contribution is 0.102. The summed E-state index contributed by atoms with van der Waals surface area (Å²) in [5, 5.41) is 4.93. The standard InChI is InChI=1S/C20H20N2O2/c1-12-8-13(2)19(17(21)9-12)22-20(23)16-10-14-6-4-5-7-15(14)11-18(16)24-3/h4-11H,21H2,1-3H3,(H,22,23). The Morgan fingerprint density at radius 3 is 2.33 bits per heavy atom. The molecule has 0 unspecified atom stereocenters. The van der Waals surface area contributed by atoms with Crippen molar-refractivity contribution in [3.05, 3.63) is 65.2 Å². The smallest absolute Gasteiger partial charge is 0.259 e. The van der Waals surface area contributed by atoms with Crippen LogP contribution in [-0.4, -0.2) is 13.0 Å². The van der Waals surface area contributed by atoms with Crippen LogP contribution in [0.1, 0.15) is 21.5 Å². The summed E-state index contributed by atoms with van der Waals surface area (Å²) in [5.74, 6) is 0.297. The van der Waals surface area contributed by atoms with Crippen molar-refractivity contribution in [2.24, 2.45) is 0 Å². The van der Waals surface area contributed by atoms with Gasteiger partial charge in [-0.25, -0.2) is 0 Å². The quantitative estimate of drug-likeness (QED) is 0.707. The number of nitrogens with two attached hydrogens (primary N) is 1. The minimum absolute atomic E-state index is 0.240. The number of rotatable bonds is 3. The summed E-state index contributed by atoms with van der Waals surface area (Å²) in [4.78, 5) is 12.8. The molecule has 4 heteroatoms. The molecule has 0 aliphatic carbocycles. The maximum absolute atomic E-state index is 12.8. The highest BCUT2D eigenvalue weighted by molar-refractivity contribution is 6.10. The molecule has 4 nitrogen and oxygen atoms in total. The summed E-state index contributed by atoms with van der Waals surface area (Å²) >= 11 is 0. The lowest BCUT2D eigenvalue weighted by Gasteiger charge is -2.14. The minimum Gasteiger partial charge on any atom is -0.496 e. The Morgan fingerprint density at radius 2 is 1.71 bits per heavy atom. The normalized spacial score (nSPS) is 10.6. The van der Waals surface area contributed by atoms with E-state index < -0.39 is 0 Å². The third kappa shape index (κ3) is 2.91. The van der Waals surface area contributed by atoms with Gasteiger partial charge in [-0.1, -0.05) is 30.3 Å². The summed E-state index contributed by atoms with van der Waals surface area (Å²) in [6, 6.07) is 15.4. The van der Waals surface area contributed by atoms with Crippen LogP contribution in [0.5, 0.6) is 5.75 Å². The molecule has 0 saturated heterocycles. The van der Waals surface area contributed by atoms with E-state index in [0.29, 0.717) is 22.7 Å². The fourth-order valence-electron chi connectivity index (χ4n) is 2.92. The average Bonchev–Trinajstić information content (AvgIpc) is 2.56. The van der Waals surface area contributed by atoms with Crippen molar-refractivity contribution in [2.45, 2.75) is 13.8 Å². The van der Waals surface area contributed by atoms with Crippen LogP contribution in [0.25, 0.3) is 10.8 Å². The van der Waals surface area contributed by atoms with E-state index in [2.05, 4.69) is 5.32 Å². The first-order valence-electron chi connectivity index (χ1n) is 7.74. The van der Waals surface area contributed by atoms with Gasteiger partial charge in [-0.3, -0.25) is 4.79 Å². The van der Waals surface area contributed by atoms with Crippen LogP contribution < -0.4 is 15.8 Å². The highest BCUT2D eigenvalue weighted by Crippen LogP contribution is 2.29. The Hall–Kier alpha value is -3.01. The topological polar surface area (TPSA) is 64.3 Å². The second-order valence-corrected chi connectivity index (χ2v) is 5.90. The van der Waals surface area contributed by atoms with E-state index in [1.807, 2.05) is 62.4 Å². The number of anilines is 2. The second kappa shape index (κ2) is 6.24. The molecule has 0 radical (unpaired) electrons. The van der Waals surface area contributed by atoms with Gasteiger partial charge in [-0.05, 0) is 53.9 Å². The highest BCUT2D eigenvalue weighted by atomic mass is 16.5.